The molecule has 1 heterocycles. The Hall–Kier alpha value is -2.11. The first-order chi connectivity index (χ1) is 8.49. The van der Waals surface area contributed by atoms with E-state index in [9.17, 15) is 18.0 Å². The molecule has 18 heavy (non-hydrogen) atoms. The summed E-state index contributed by atoms with van der Waals surface area (Å²) in [5.74, 6) is 0. The molecule has 0 atom stereocenters. The van der Waals surface area contributed by atoms with Crippen LogP contribution in [0.3, 0.4) is 0 Å². The molecule has 0 aliphatic carbocycles. The summed E-state index contributed by atoms with van der Waals surface area (Å²) in [6, 6.07) is 4.88. The maximum atomic E-state index is 12.3. The second kappa shape index (κ2) is 4.64. The van der Waals surface area contributed by atoms with Crippen LogP contribution in [0.15, 0.2) is 36.8 Å². The Balaban J connectivity index is 2.13. The third-order valence-corrected chi connectivity index (χ3v) is 2.42. The topological polar surface area (TPSA) is 34.9 Å². The van der Waals surface area contributed by atoms with Crippen molar-refractivity contribution < 1.29 is 18.0 Å². The molecule has 6 heteroatoms. The molecule has 2 aromatic rings. The van der Waals surface area contributed by atoms with E-state index < -0.39 is 11.7 Å². The van der Waals surface area contributed by atoms with E-state index in [4.69, 9.17) is 0 Å². The maximum absolute atomic E-state index is 12.3. The Labute approximate surface area is 101 Å². The highest BCUT2D eigenvalue weighted by atomic mass is 19.4. The van der Waals surface area contributed by atoms with Gasteiger partial charge in [0.2, 0.25) is 0 Å². The molecule has 0 saturated heterocycles. The predicted octanol–water partition coefficient (Wildman–Crippen LogP) is 2.76. The summed E-state index contributed by atoms with van der Waals surface area (Å²) in [5, 5.41) is 0. The Morgan fingerprint density at radius 1 is 1.22 bits per heavy atom. The van der Waals surface area contributed by atoms with Gasteiger partial charge in [0.05, 0.1) is 11.9 Å². The summed E-state index contributed by atoms with van der Waals surface area (Å²) in [4.78, 5) is 14.2. The number of halogens is 3. The highest BCUT2D eigenvalue weighted by molar-refractivity contribution is 5.70. The maximum Gasteiger partial charge on any atom is 0.416 e. The van der Waals surface area contributed by atoms with Crippen molar-refractivity contribution in [2.45, 2.75) is 12.7 Å². The normalized spacial score (nSPS) is 11.5. The first-order valence-electron chi connectivity index (χ1n) is 5.12. The number of aromatic nitrogens is 2. The number of alkyl halides is 3. The summed E-state index contributed by atoms with van der Waals surface area (Å²) in [6.07, 6.45) is -0.715. The van der Waals surface area contributed by atoms with Crippen molar-refractivity contribution in [3.63, 3.8) is 0 Å². The fraction of sp³-hybridized carbons (Fsp3) is 0.167. The van der Waals surface area contributed by atoms with Crippen molar-refractivity contribution in [3.8, 4) is 0 Å². The Morgan fingerprint density at radius 3 is 2.39 bits per heavy atom. The lowest BCUT2D eigenvalue weighted by Gasteiger charge is -2.07. The summed E-state index contributed by atoms with van der Waals surface area (Å²) in [5.41, 5.74) is 0.324. The second-order valence-electron chi connectivity index (χ2n) is 3.78. The third-order valence-electron chi connectivity index (χ3n) is 2.42. The molecule has 94 valence electrons. The minimum atomic E-state index is -4.32. The molecule has 0 fully saturated rings. The van der Waals surface area contributed by atoms with E-state index in [1.54, 1.807) is 4.57 Å². The minimum absolute atomic E-state index is 0.293. The summed E-state index contributed by atoms with van der Waals surface area (Å²) in [6.45, 7) is 0.374. The molecule has 0 aliphatic heterocycles. The van der Waals surface area contributed by atoms with Crippen LogP contribution < -0.4 is 0 Å². The number of aldehydes is 1. The molecule has 0 amide bonds. The third kappa shape index (κ3) is 2.77. The van der Waals surface area contributed by atoms with Gasteiger partial charge in [-0.3, -0.25) is 4.79 Å². The Bertz CT molecular complexity index is 543. The van der Waals surface area contributed by atoms with E-state index >= 15 is 0 Å². The highest BCUT2D eigenvalue weighted by Gasteiger charge is 2.29. The number of hydrogen-bond donors (Lipinski definition) is 0. The van der Waals surface area contributed by atoms with Crippen molar-refractivity contribution >= 4 is 6.29 Å². The van der Waals surface area contributed by atoms with E-state index in [2.05, 4.69) is 4.98 Å². The first-order valence-corrected chi connectivity index (χ1v) is 5.12. The van der Waals surface area contributed by atoms with Gasteiger partial charge >= 0.3 is 6.18 Å². The summed E-state index contributed by atoms with van der Waals surface area (Å²) < 4.78 is 38.7. The fourth-order valence-electron chi connectivity index (χ4n) is 1.53. The van der Waals surface area contributed by atoms with E-state index in [0.717, 1.165) is 12.1 Å². The van der Waals surface area contributed by atoms with Crippen LogP contribution in [0.2, 0.25) is 0 Å². The zero-order valence-corrected chi connectivity index (χ0v) is 9.19. The molecular formula is C12H9F3N2O. The highest BCUT2D eigenvalue weighted by Crippen LogP contribution is 2.29. The molecule has 1 aromatic carbocycles. The van der Waals surface area contributed by atoms with Gasteiger partial charge in [-0.15, -0.1) is 0 Å². The second-order valence-corrected chi connectivity index (χ2v) is 3.78. The molecule has 0 spiro atoms. The lowest BCUT2D eigenvalue weighted by molar-refractivity contribution is -0.137. The molecule has 0 aliphatic rings. The van der Waals surface area contributed by atoms with Crippen LogP contribution in [-0.4, -0.2) is 15.8 Å². The number of hydrogen-bond acceptors (Lipinski definition) is 2. The van der Waals surface area contributed by atoms with Crippen LogP contribution >= 0.6 is 0 Å². The van der Waals surface area contributed by atoms with Crippen LogP contribution in [0.4, 0.5) is 13.2 Å². The smallest absolute Gasteiger partial charge is 0.332 e. The molecule has 3 nitrogen and oxygen atoms in total. The SMILES string of the molecule is O=Cc1cn(Cc2ccc(C(F)(F)F)cc2)cn1. The van der Waals surface area contributed by atoms with Gasteiger partial charge in [0, 0.05) is 12.7 Å². The number of carbonyl (C=O) groups excluding carboxylic acids is 1. The molecule has 0 radical (unpaired) electrons. The number of benzene rings is 1. The van der Waals surface area contributed by atoms with Crippen molar-refractivity contribution in [1.82, 2.24) is 9.55 Å². The number of carbonyl (C=O) groups is 1. The number of nitrogens with zero attached hydrogens (tertiary/aromatic N) is 2. The van der Waals surface area contributed by atoms with Gasteiger partial charge in [-0.25, -0.2) is 4.98 Å². The zero-order chi connectivity index (χ0) is 13.2. The van der Waals surface area contributed by atoms with Crippen LogP contribution in [0, 0.1) is 0 Å². The predicted molar refractivity (Wildman–Crippen MR) is 58.2 cm³/mol. The largest absolute Gasteiger partial charge is 0.416 e. The average Bonchev–Trinajstić information content (AvgIpc) is 2.76. The van der Waals surface area contributed by atoms with Crippen molar-refractivity contribution in [3.05, 3.63) is 53.6 Å². The van der Waals surface area contributed by atoms with Gasteiger partial charge in [0.1, 0.15) is 5.69 Å². The van der Waals surface area contributed by atoms with Crippen molar-refractivity contribution in [2.75, 3.05) is 0 Å². The Morgan fingerprint density at radius 2 is 1.89 bits per heavy atom. The van der Waals surface area contributed by atoms with Gasteiger partial charge in [-0.05, 0) is 17.7 Å². The van der Waals surface area contributed by atoms with Crippen molar-refractivity contribution in [2.24, 2.45) is 0 Å². The monoisotopic (exact) mass is 254 g/mol. The summed E-state index contributed by atoms with van der Waals surface area (Å²) in [7, 11) is 0. The molecule has 2 rings (SSSR count). The molecule has 1 aromatic heterocycles. The minimum Gasteiger partial charge on any atom is -0.332 e. The van der Waals surface area contributed by atoms with Crippen LogP contribution in [-0.2, 0) is 12.7 Å². The molecule has 0 saturated carbocycles. The van der Waals surface area contributed by atoms with Gasteiger partial charge < -0.3 is 4.57 Å². The van der Waals surface area contributed by atoms with Gasteiger partial charge in [-0.2, -0.15) is 13.2 Å². The number of rotatable bonds is 3. The average molecular weight is 254 g/mol. The Kier molecular flexibility index (Phi) is 3.18. The van der Waals surface area contributed by atoms with Crippen molar-refractivity contribution in [1.29, 1.82) is 0 Å². The quantitative estimate of drug-likeness (QED) is 0.789. The van der Waals surface area contributed by atoms with Crippen LogP contribution in [0.1, 0.15) is 21.6 Å². The molecular weight excluding hydrogens is 245 g/mol. The molecule has 0 unspecified atom stereocenters. The van der Waals surface area contributed by atoms with E-state index in [-0.39, 0.29) is 0 Å². The van der Waals surface area contributed by atoms with Gasteiger partial charge in [0.15, 0.2) is 6.29 Å². The van der Waals surface area contributed by atoms with Gasteiger partial charge in [-0.1, -0.05) is 12.1 Å². The van der Waals surface area contributed by atoms with Crippen LogP contribution in [0.25, 0.3) is 0 Å². The zero-order valence-electron chi connectivity index (χ0n) is 9.19. The fourth-order valence-corrected chi connectivity index (χ4v) is 1.53. The lowest BCUT2D eigenvalue weighted by Crippen LogP contribution is -2.05. The standard InChI is InChI=1S/C12H9F3N2O/c13-12(14,15)10-3-1-9(2-4-10)5-17-6-11(7-18)16-8-17/h1-4,6-8H,5H2. The van der Waals surface area contributed by atoms with E-state index in [1.165, 1.54) is 24.7 Å². The molecule has 0 bridgehead atoms. The van der Waals surface area contributed by atoms with E-state index in [1.807, 2.05) is 0 Å². The number of imidazole rings is 1. The van der Waals surface area contributed by atoms with Gasteiger partial charge in [0.25, 0.3) is 0 Å². The first kappa shape index (κ1) is 12.3. The van der Waals surface area contributed by atoms with Crippen LogP contribution in [0.5, 0.6) is 0 Å². The lowest BCUT2D eigenvalue weighted by atomic mass is 10.1. The van der Waals surface area contributed by atoms with E-state index in [0.29, 0.717) is 24.1 Å². The summed E-state index contributed by atoms with van der Waals surface area (Å²) >= 11 is 0. The molecule has 0 N–H and O–H groups in total.